The Morgan fingerprint density at radius 1 is 0.962 bits per heavy atom. The van der Waals surface area contributed by atoms with Gasteiger partial charge >= 0.3 is 0 Å². The van der Waals surface area contributed by atoms with Crippen molar-refractivity contribution < 1.29 is 23.8 Å². The van der Waals surface area contributed by atoms with Crippen LogP contribution in [0.5, 0.6) is 17.2 Å². The Morgan fingerprint density at radius 2 is 1.58 bits per heavy atom. The van der Waals surface area contributed by atoms with Gasteiger partial charge in [0.25, 0.3) is 0 Å². The first kappa shape index (κ1) is 17.7. The topological polar surface area (TPSA) is 78.0 Å². The van der Waals surface area contributed by atoms with E-state index in [9.17, 15) is 9.59 Å². The maximum Gasteiger partial charge on any atom is 0.235 e. The molecule has 0 saturated carbocycles. The number of imide groups is 1. The summed E-state index contributed by atoms with van der Waals surface area (Å²) in [6.45, 7) is 0. The molecule has 0 spiro atoms. The van der Waals surface area contributed by atoms with Gasteiger partial charge < -0.3 is 14.2 Å². The summed E-state index contributed by atoms with van der Waals surface area (Å²) in [4.78, 5) is 30.5. The second-order valence-corrected chi connectivity index (χ2v) is 5.87. The molecule has 0 radical (unpaired) electrons. The minimum atomic E-state index is -0.279. The van der Waals surface area contributed by atoms with Crippen LogP contribution in [0.3, 0.4) is 0 Å². The summed E-state index contributed by atoms with van der Waals surface area (Å²) in [7, 11) is 4.58. The standard InChI is InChI=1S/C19H20N2O5/c1-24-14-8-12(9-15(25-2)19(14)26-3)13-10-17(22)21(18(23)11-13)16-6-4-5-7-20-16/h4-9,13H,10-11H2,1-3H3. The first-order valence-corrected chi connectivity index (χ1v) is 8.15. The third kappa shape index (κ3) is 3.20. The lowest BCUT2D eigenvalue weighted by Gasteiger charge is -2.30. The van der Waals surface area contributed by atoms with Gasteiger partial charge in [0.05, 0.1) is 21.3 Å². The van der Waals surface area contributed by atoms with E-state index in [1.807, 2.05) is 0 Å². The summed E-state index contributed by atoms with van der Waals surface area (Å²) < 4.78 is 16.0. The molecule has 0 bridgehead atoms. The fraction of sp³-hybridized carbons (Fsp3) is 0.316. The zero-order valence-electron chi connectivity index (χ0n) is 14.9. The number of anilines is 1. The molecule has 3 rings (SSSR count). The molecule has 2 amide bonds. The van der Waals surface area contributed by atoms with Crippen molar-refractivity contribution in [3.63, 3.8) is 0 Å². The number of aromatic nitrogens is 1. The summed E-state index contributed by atoms with van der Waals surface area (Å²) in [5.74, 6) is 0.997. The van der Waals surface area contributed by atoms with E-state index in [1.54, 1.807) is 36.5 Å². The highest BCUT2D eigenvalue weighted by Crippen LogP contribution is 2.42. The highest BCUT2D eigenvalue weighted by Gasteiger charge is 2.35. The van der Waals surface area contributed by atoms with Crippen LogP contribution in [0.15, 0.2) is 36.5 Å². The number of hydrogen-bond acceptors (Lipinski definition) is 6. The van der Waals surface area contributed by atoms with Gasteiger partial charge in [-0.15, -0.1) is 0 Å². The van der Waals surface area contributed by atoms with Gasteiger partial charge in [0.2, 0.25) is 17.6 Å². The van der Waals surface area contributed by atoms with Crippen LogP contribution in [-0.2, 0) is 9.59 Å². The van der Waals surface area contributed by atoms with Gasteiger partial charge in [-0.3, -0.25) is 9.59 Å². The van der Waals surface area contributed by atoms with E-state index in [0.717, 1.165) is 10.5 Å². The molecule has 7 nitrogen and oxygen atoms in total. The van der Waals surface area contributed by atoms with Gasteiger partial charge in [-0.2, -0.15) is 0 Å². The SMILES string of the molecule is COc1cc(C2CC(=O)N(c3ccccn3)C(=O)C2)cc(OC)c1OC. The average molecular weight is 356 g/mol. The number of nitrogens with zero attached hydrogens (tertiary/aromatic N) is 2. The molecule has 0 unspecified atom stereocenters. The Kier molecular flexibility index (Phi) is 5.06. The van der Waals surface area contributed by atoms with Crippen LogP contribution in [0, 0.1) is 0 Å². The number of piperidine rings is 1. The van der Waals surface area contributed by atoms with Crippen molar-refractivity contribution >= 4 is 17.6 Å². The Labute approximate surface area is 151 Å². The number of hydrogen-bond donors (Lipinski definition) is 0. The van der Waals surface area contributed by atoms with E-state index >= 15 is 0 Å². The van der Waals surface area contributed by atoms with Crippen molar-refractivity contribution in [1.82, 2.24) is 4.98 Å². The zero-order valence-corrected chi connectivity index (χ0v) is 14.9. The number of carbonyl (C=O) groups is 2. The van der Waals surface area contributed by atoms with Gasteiger partial charge in [-0.05, 0) is 29.8 Å². The third-order valence-corrected chi connectivity index (χ3v) is 4.38. The molecule has 26 heavy (non-hydrogen) atoms. The second-order valence-electron chi connectivity index (χ2n) is 5.87. The van der Waals surface area contributed by atoms with E-state index in [4.69, 9.17) is 14.2 Å². The van der Waals surface area contributed by atoms with E-state index in [1.165, 1.54) is 21.3 Å². The molecule has 0 aliphatic carbocycles. The predicted octanol–water partition coefficient (Wildman–Crippen LogP) is 2.54. The van der Waals surface area contributed by atoms with Crippen molar-refractivity contribution in [2.24, 2.45) is 0 Å². The number of benzene rings is 1. The minimum Gasteiger partial charge on any atom is -0.493 e. The number of methoxy groups -OCH3 is 3. The van der Waals surface area contributed by atoms with Crippen LogP contribution < -0.4 is 19.1 Å². The maximum atomic E-state index is 12.6. The van der Waals surface area contributed by atoms with Crippen molar-refractivity contribution in [3.05, 3.63) is 42.1 Å². The van der Waals surface area contributed by atoms with Crippen molar-refractivity contribution in [2.75, 3.05) is 26.2 Å². The molecule has 2 aromatic rings. The summed E-state index contributed by atoms with van der Waals surface area (Å²) in [5, 5.41) is 0. The van der Waals surface area contributed by atoms with Gasteiger partial charge in [-0.25, -0.2) is 9.88 Å². The Morgan fingerprint density at radius 3 is 2.04 bits per heavy atom. The Hall–Kier alpha value is -3.09. The highest BCUT2D eigenvalue weighted by molar-refractivity contribution is 6.16. The van der Waals surface area contributed by atoms with Crippen LogP contribution in [0.25, 0.3) is 0 Å². The van der Waals surface area contributed by atoms with Crippen molar-refractivity contribution in [3.8, 4) is 17.2 Å². The molecule has 1 aliphatic rings. The zero-order chi connectivity index (χ0) is 18.7. The normalized spacial score (nSPS) is 15.1. The predicted molar refractivity (Wildman–Crippen MR) is 94.8 cm³/mol. The van der Waals surface area contributed by atoms with Crippen LogP contribution in [0.1, 0.15) is 24.3 Å². The van der Waals surface area contributed by atoms with Crippen LogP contribution in [-0.4, -0.2) is 38.1 Å². The quantitative estimate of drug-likeness (QED) is 0.766. The van der Waals surface area contributed by atoms with Crippen LogP contribution in [0.4, 0.5) is 5.82 Å². The number of ether oxygens (including phenoxy) is 3. The van der Waals surface area contributed by atoms with Crippen molar-refractivity contribution in [2.45, 2.75) is 18.8 Å². The molecule has 136 valence electrons. The first-order valence-electron chi connectivity index (χ1n) is 8.15. The number of amides is 2. The van der Waals surface area contributed by atoms with E-state index < -0.39 is 0 Å². The van der Waals surface area contributed by atoms with Gasteiger partial charge in [-0.1, -0.05) is 6.07 Å². The summed E-state index contributed by atoms with van der Waals surface area (Å²) in [5.41, 5.74) is 0.793. The fourth-order valence-corrected chi connectivity index (χ4v) is 3.13. The minimum absolute atomic E-state index is 0.195. The molecule has 7 heteroatoms. The highest BCUT2D eigenvalue weighted by atomic mass is 16.5. The summed E-state index contributed by atoms with van der Waals surface area (Å²) in [6, 6.07) is 8.69. The van der Waals surface area contributed by atoms with E-state index in [-0.39, 0.29) is 30.6 Å². The Balaban J connectivity index is 1.91. The number of carbonyl (C=O) groups excluding carboxylic acids is 2. The molecule has 1 aromatic heterocycles. The number of rotatable bonds is 5. The third-order valence-electron chi connectivity index (χ3n) is 4.38. The monoisotopic (exact) mass is 356 g/mol. The lowest BCUT2D eigenvalue weighted by molar-refractivity contribution is -0.129. The van der Waals surface area contributed by atoms with Crippen molar-refractivity contribution in [1.29, 1.82) is 0 Å². The van der Waals surface area contributed by atoms with E-state index in [0.29, 0.717) is 23.1 Å². The van der Waals surface area contributed by atoms with Crippen LogP contribution in [0.2, 0.25) is 0 Å². The van der Waals surface area contributed by atoms with Gasteiger partial charge in [0.1, 0.15) is 5.82 Å². The first-order chi connectivity index (χ1) is 12.6. The lowest BCUT2D eigenvalue weighted by Crippen LogP contribution is -2.43. The molecule has 2 heterocycles. The lowest BCUT2D eigenvalue weighted by atomic mass is 9.88. The molecular weight excluding hydrogens is 336 g/mol. The molecule has 0 atom stereocenters. The molecule has 1 saturated heterocycles. The molecule has 1 aromatic carbocycles. The summed E-state index contributed by atoms with van der Waals surface area (Å²) in [6.07, 6.45) is 1.95. The Bertz CT molecular complexity index is 779. The smallest absolute Gasteiger partial charge is 0.235 e. The molecule has 1 fully saturated rings. The fourth-order valence-electron chi connectivity index (χ4n) is 3.13. The van der Waals surface area contributed by atoms with E-state index in [2.05, 4.69) is 4.98 Å². The van der Waals surface area contributed by atoms with Gasteiger partial charge in [0.15, 0.2) is 11.5 Å². The largest absolute Gasteiger partial charge is 0.493 e. The van der Waals surface area contributed by atoms with Crippen LogP contribution >= 0.6 is 0 Å². The maximum absolute atomic E-state index is 12.6. The molecule has 1 aliphatic heterocycles. The second kappa shape index (κ2) is 7.43. The number of pyridine rings is 1. The average Bonchev–Trinajstić information content (AvgIpc) is 2.67. The molecular formula is C19H20N2O5. The molecule has 0 N–H and O–H groups in total. The summed E-state index contributed by atoms with van der Waals surface area (Å²) >= 11 is 0. The van der Waals surface area contributed by atoms with Gasteiger partial charge in [0, 0.05) is 25.0 Å².